The van der Waals surface area contributed by atoms with Crippen LogP contribution in [-0.4, -0.2) is 27.8 Å². The minimum atomic E-state index is -1.06. The van der Waals surface area contributed by atoms with Crippen LogP contribution in [0, 0.1) is 5.82 Å². The minimum Gasteiger partial charge on any atom is -0.386 e. The molecule has 0 bridgehead atoms. The summed E-state index contributed by atoms with van der Waals surface area (Å²) in [4.78, 5) is 11.6. The average Bonchev–Trinajstić information content (AvgIpc) is 2.89. The molecule has 1 aromatic heterocycles. The molecule has 1 unspecified atom stereocenters. The summed E-state index contributed by atoms with van der Waals surface area (Å²) in [6.45, 7) is -0.0338. The summed E-state index contributed by atoms with van der Waals surface area (Å²) in [7, 11) is 0. The number of carbonyl (C=O) groups excluding carboxylic acids is 1. The van der Waals surface area contributed by atoms with Gasteiger partial charge in [0.05, 0.1) is 12.5 Å². The summed E-state index contributed by atoms with van der Waals surface area (Å²) < 4.78 is 13.4. The molecule has 2 rings (SSSR count). The van der Waals surface area contributed by atoms with Crippen LogP contribution in [0.2, 0.25) is 0 Å². The first-order valence-corrected chi connectivity index (χ1v) is 5.84. The Hall–Kier alpha value is -2.21. The minimum absolute atomic E-state index is 0.0338. The Morgan fingerprint density at radius 3 is 2.89 bits per heavy atom. The van der Waals surface area contributed by atoms with E-state index in [-0.39, 0.29) is 24.4 Å². The smallest absolute Gasteiger partial charge is 0.226 e. The number of benzene rings is 1. The molecule has 0 aliphatic heterocycles. The molecule has 2 aromatic rings. The van der Waals surface area contributed by atoms with Gasteiger partial charge in [-0.3, -0.25) is 9.89 Å². The third kappa shape index (κ3) is 3.62. The zero-order valence-electron chi connectivity index (χ0n) is 10.1. The monoisotopic (exact) mass is 263 g/mol. The van der Waals surface area contributed by atoms with Gasteiger partial charge in [-0.05, 0) is 12.1 Å². The molecule has 1 heterocycles. The summed E-state index contributed by atoms with van der Waals surface area (Å²) in [6, 6.07) is 7.62. The van der Waals surface area contributed by atoms with Crippen molar-refractivity contribution in [2.75, 3.05) is 6.54 Å². The predicted octanol–water partition coefficient (Wildman–Crippen LogP) is 0.941. The van der Waals surface area contributed by atoms with Crippen LogP contribution in [0.1, 0.15) is 17.4 Å². The number of hydrogen-bond donors (Lipinski definition) is 3. The molecule has 3 N–H and O–H groups in total. The number of amides is 1. The van der Waals surface area contributed by atoms with E-state index < -0.39 is 11.9 Å². The van der Waals surface area contributed by atoms with Crippen LogP contribution in [0.25, 0.3) is 0 Å². The summed E-state index contributed by atoms with van der Waals surface area (Å²) in [5.41, 5.74) is 0.849. The maximum absolute atomic E-state index is 13.4. The number of halogens is 1. The first-order valence-electron chi connectivity index (χ1n) is 5.84. The van der Waals surface area contributed by atoms with Crippen molar-refractivity contribution in [2.24, 2.45) is 0 Å². The maximum Gasteiger partial charge on any atom is 0.226 e. The highest BCUT2D eigenvalue weighted by atomic mass is 19.1. The van der Waals surface area contributed by atoms with Crippen LogP contribution in [0.4, 0.5) is 4.39 Å². The first-order chi connectivity index (χ1) is 9.16. The molecular formula is C13H14FN3O2. The van der Waals surface area contributed by atoms with Crippen molar-refractivity contribution in [3.63, 3.8) is 0 Å². The lowest BCUT2D eigenvalue weighted by atomic mass is 10.1. The number of carbonyl (C=O) groups is 1. The second-order valence-corrected chi connectivity index (χ2v) is 4.10. The number of rotatable bonds is 5. The molecule has 1 atom stereocenters. The summed E-state index contributed by atoms with van der Waals surface area (Å²) in [5, 5.41) is 18.7. The van der Waals surface area contributed by atoms with Crippen LogP contribution in [-0.2, 0) is 11.2 Å². The Morgan fingerprint density at radius 2 is 2.21 bits per heavy atom. The standard InChI is InChI=1S/C13H14FN3O2/c14-11-4-2-1-3-10(11)12(18)8-15-13(19)7-9-5-6-16-17-9/h1-6,12,18H,7-8H2,(H,15,19)(H,16,17). The molecule has 1 aromatic carbocycles. The molecular weight excluding hydrogens is 249 g/mol. The van der Waals surface area contributed by atoms with Crippen molar-refractivity contribution in [3.8, 4) is 0 Å². The molecule has 0 saturated heterocycles. The number of nitrogens with zero attached hydrogens (tertiary/aromatic N) is 1. The number of nitrogens with one attached hydrogen (secondary N) is 2. The Kier molecular flexibility index (Phi) is 4.25. The van der Waals surface area contributed by atoms with Crippen molar-refractivity contribution in [3.05, 3.63) is 53.6 Å². The van der Waals surface area contributed by atoms with Crippen molar-refractivity contribution in [2.45, 2.75) is 12.5 Å². The van der Waals surface area contributed by atoms with E-state index in [1.807, 2.05) is 0 Å². The highest BCUT2D eigenvalue weighted by Gasteiger charge is 2.13. The Labute approximate surface area is 109 Å². The summed E-state index contributed by atoms with van der Waals surface area (Å²) in [6.07, 6.45) is 0.632. The van der Waals surface area contributed by atoms with Gasteiger partial charge in [-0.15, -0.1) is 0 Å². The molecule has 6 heteroatoms. The third-order valence-electron chi connectivity index (χ3n) is 2.67. The Bertz CT molecular complexity index is 543. The SMILES string of the molecule is O=C(Cc1ccn[nH]1)NCC(O)c1ccccc1F. The highest BCUT2D eigenvalue weighted by Crippen LogP contribution is 2.15. The van der Waals surface area contributed by atoms with E-state index in [0.29, 0.717) is 5.69 Å². The van der Waals surface area contributed by atoms with Gasteiger partial charge in [-0.25, -0.2) is 4.39 Å². The largest absolute Gasteiger partial charge is 0.386 e. The number of H-pyrrole nitrogens is 1. The zero-order valence-corrected chi connectivity index (χ0v) is 10.1. The highest BCUT2D eigenvalue weighted by molar-refractivity contribution is 5.78. The Balaban J connectivity index is 1.85. The zero-order chi connectivity index (χ0) is 13.7. The number of aliphatic hydroxyl groups excluding tert-OH is 1. The number of aliphatic hydroxyl groups is 1. The molecule has 1 amide bonds. The molecule has 0 saturated carbocycles. The van der Waals surface area contributed by atoms with Crippen LogP contribution in [0.15, 0.2) is 36.5 Å². The average molecular weight is 263 g/mol. The second kappa shape index (κ2) is 6.10. The molecule has 5 nitrogen and oxygen atoms in total. The fourth-order valence-corrected chi connectivity index (χ4v) is 1.68. The van der Waals surface area contributed by atoms with Crippen molar-refractivity contribution >= 4 is 5.91 Å². The molecule has 0 radical (unpaired) electrons. The fourth-order valence-electron chi connectivity index (χ4n) is 1.68. The van der Waals surface area contributed by atoms with E-state index in [9.17, 15) is 14.3 Å². The van der Waals surface area contributed by atoms with Crippen LogP contribution >= 0.6 is 0 Å². The van der Waals surface area contributed by atoms with Crippen molar-refractivity contribution < 1.29 is 14.3 Å². The van der Waals surface area contributed by atoms with E-state index >= 15 is 0 Å². The quantitative estimate of drug-likeness (QED) is 0.751. The van der Waals surface area contributed by atoms with Gasteiger partial charge in [-0.1, -0.05) is 18.2 Å². The summed E-state index contributed by atoms with van der Waals surface area (Å²) in [5.74, 6) is -0.752. The molecule has 100 valence electrons. The molecule has 19 heavy (non-hydrogen) atoms. The molecule has 0 fully saturated rings. The van der Waals surface area contributed by atoms with Gasteiger partial charge in [0, 0.05) is 24.0 Å². The van der Waals surface area contributed by atoms with Gasteiger partial charge < -0.3 is 10.4 Å². The molecule has 0 spiro atoms. The van der Waals surface area contributed by atoms with Gasteiger partial charge in [0.15, 0.2) is 0 Å². The number of aromatic nitrogens is 2. The molecule has 0 aliphatic carbocycles. The van der Waals surface area contributed by atoms with Crippen LogP contribution in [0.5, 0.6) is 0 Å². The van der Waals surface area contributed by atoms with Gasteiger partial charge in [0.2, 0.25) is 5.91 Å². The van der Waals surface area contributed by atoms with E-state index in [1.165, 1.54) is 12.1 Å². The Morgan fingerprint density at radius 1 is 1.42 bits per heavy atom. The summed E-state index contributed by atoms with van der Waals surface area (Å²) >= 11 is 0. The van der Waals surface area contributed by atoms with Crippen molar-refractivity contribution in [1.82, 2.24) is 15.5 Å². The lowest BCUT2D eigenvalue weighted by Gasteiger charge is -2.12. The first kappa shape index (κ1) is 13.2. The topological polar surface area (TPSA) is 78.0 Å². The lowest BCUT2D eigenvalue weighted by molar-refractivity contribution is -0.121. The third-order valence-corrected chi connectivity index (χ3v) is 2.67. The van der Waals surface area contributed by atoms with Gasteiger partial charge in [-0.2, -0.15) is 5.10 Å². The van der Waals surface area contributed by atoms with E-state index in [4.69, 9.17) is 0 Å². The van der Waals surface area contributed by atoms with E-state index in [0.717, 1.165) is 0 Å². The predicted molar refractivity (Wildman–Crippen MR) is 66.7 cm³/mol. The van der Waals surface area contributed by atoms with Gasteiger partial charge in [0.1, 0.15) is 5.82 Å². The normalized spacial score (nSPS) is 12.1. The van der Waals surface area contributed by atoms with Crippen LogP contribution in [0.3, 0.4) is 0 Å². The van der Waals surface area contributed by atoms with E-state index in [2.05, 4.69) is 15.5 Å². The van der Waals surface area contributed by atoms with E-state index in [1.54, 1.807) is 24.4 Å². The van der Waals surface area contributed by atoms with Crippen molar-refractivity contribution in [1.29, 1.82) is 0 Å². The van der Waals surface area contributed by atoms with Gasteiger partial charge in [0.25, 0.3) is 0 Å². The van der Waals surface area contributed by atoms with Gasteiger partial charge >= 0.3 is 0 Å². The molecule has 0 aliphatic rings. The number of aromatic amines is 1. The van der Waals surface area contributed by atoms with Crippen LogP contribution < -0.4 is 5.32 Å². The fraction of sp³-hybridized carbons (Fsp3) is 0.231. The maximum atomic E-state index is 13.4. The number of hydrogen-bond acceptors (Lipinski definition) is 3. The second-order valence-electron chi connectivity index (χ2n) is 4.10. The lowest BCUT2D eigenvalue weighted by Crippen LogP contribution is -2.30.